The number of hydrogen-bond donors (Lipinski definition) is 2. The first-order valence-corrected chi connectivity index (χ1v) is 7.93. The molecule has 0 spiro atoms. The summed E-state index contributed by atoms with van der Waals surface area (Å²) in [6, 6.07) is 10.9. The fourth-order valence-corrected chi connectivity index (χ4v) is 3.13. The van der Waals surface area contributed by atoms with E-state index in [2.05, 4.69) is 5.32 Å². The summed E-state index contributed by atoms with van der Waals surface area (Å²) in [6.45, 7) is 0. The van der Waals surface area contributed by atoms with Crippen molar-refractivity contribution in [3.05, 3.63) is 70.5 Å². The monoisotopic (exact) mass is 327 g/mol. The van der Waals surface area contributed by atoms with Gasteiger partial charge in [-0.2, -0.15) is 0 Å². The number of carboxylic acids is 1. The predicted octanol–water partition coefficient (Wildman–Crippen LogP) is 3.26. The topological polar surface area (TPSA) is 66.4 Å². The number of carbonyl (C=O) groups excluding carboxylic acids is 1. The van der Waals surface area contributed by atoms with Gasteiger partial charge in [0.15, 0.2) is 0 Å². The lowest BCUT2D eigenvalue weighted by Gasteiger charge is -2.26. The van der Waals surface area contributed by atoms with E-state index < -0.39 is 5.97 Å². The molecule has 124 valence electrons. The molecule has 5 heteroatoms. The predicted molar refractivity (Wildman–Crippen MR) is 87.3 cm³/mol. The molecule has 0 heterocycles. The second-order valence-electron chi connectivity index (χ2n) is 6.03. The van der Waals surface area contributed by atoms with E-state index in [0.29, 0.717) is 0 Å². The van der Waals surface area contributed by atoms with Crippen LogP contribution in [0.4, 0.5) is 4.39 Å². The molecule has 2 aromatic carbocycles. The van der Waals surface area contributed by atoms with Crippen LogP contribution in [-0.2, 0) is 17.6 Å². The van der Waals surface area contributed by atoms with Crippen molar-refractivity contribution in [3.63, 3.8) is 0 Å². The van der Waals surface area contributed by atoms with Crippen LogP contribution < -0.4 is 5.32 Å². The second kappa shape index (κ2) is 6.83. The van der Waals surface area contributed by atoms with Crippen molar-refractivity contribution in [1.82, 2.24) is 5.32 Å². The van der Waals surface area contributed by atoms with Gasteiger partial charge in [-0.25, -0.2) is 9.18 Å². The van der Waals surface area contributed by atoms with Gasteiger partial charge in [0.1, 0.15) is 5.82 Å². The van der Waals surface area contributed by atoms with Crippen LogP contribution >= 0.6 is 0 Å². The number of aromatic carboxylic acids is 1. The van der Waals surface area contributed by atoms with Crippen LogP contribution in [0.25, 0.3) is 0 Å². The summed E-state index contributed by atoms with van der Waals surface area (Å²) in [5.41, 5.74) is 2.89. The zero-order valence-corrected chi connectivity index (χ0v) is 13.1. The van der Waals surface area contributed by atoms with Gasteiger partial charge in [0.05, 0.1) is 18.0 Å². The Bertz CT molecular complexity index is 771. The third-order valence-corrected chi connectivity index (χ3v) is 4.32. The van der Waals surface area contributed by atoms with Gasteiger partial charge in [0.2, 0.25) is 5.91 Å². The summed E-state index contributed by atoms with van der Waals surface area (Å²) in [5, 5.41) is 11.9. The van der Waals surface area contributed by atoms with Crippen LogP contribution in [0.1, 0.15) is 45.9 Å². The highest BCUT2D eigenvalue weighted by molar-refractivity contribution is 5.87. The molecule has 0 aliphatic heterocycles. The number of amides is 1. The molecule has 1 amide bonds. The molecule has 0 fully saturated rings. The third kappa shape index (κ3) is 3.62. The molecule has 0 saturated carbocycles. The molecule has 0 radical (unpaired) electrons. The molecular weight excluding hydrogens is 309 g/mol. The van der Waals surface area contributed by atoms with Gasteiger partial charge >= 0.3 is 5.97 Å². The molecule has 1 unspecified atom stereocenters. The van der Waals surface area contributed by atoms with E-state index in [1.54, 1.807) is 18.2 Å². The molecule has 4 nitrogen and oxygen atoms in total. The summed E-state index contributed by atoms with van der Waals surface area (Å²) in [5.74, 6) is -1.36. The third-order valence-electron chi connectivity index (χ3n) is 4.32. The minimum Gasteiger partial charge on any atom is -0.478 e. The fraction of sp³-hybridized carbons (Fsp3) is 0.263. The molecule has 24 heavy (non-hydrogen) atoms. The van der Waals surface area contributed by atoms with Crippen LogP contribution in [0, 0.1) is 5.82 Å². The highest BCUT2D eigenvalue weighted by Crippen LogP contribution is 2.30. The van der Waals surface area contributed by atoms with E-state index in [1.165, 1.54) is 24.3 Å². The largest absolute Gasteiger partial charge is 0.478 e. The maximum absolute atomic E-state index is 13.3. The molecule has 0 bridgehead atoms. The molecular formula is C19H18FNO3. The summed E-state index contributed by atoms with van der Waals surface area (Å²) in [7, 11) is 0. The van der Waals surface area contributed by atoms with Crippen LogP contribution in [0.2, 0.25) is 0 Å². The highest BCUT2D eigenvalue weighted by atomic mass is 19.1. The first kappa shape index (κ1) is 16.2. The average Bonchev–Trinajstić information content (AvgIpc) is 2.55. The smallest absolute Gasteiger partial charge is 0.335 e. The first-order chi connectivity index (χ1) is 11.5. The van der Waals surface area contributed by atoms with Gasteiger partial charge in [-0.1, -0.05) is 18.2 Å². The van der Waals surface area contributed by atoms with Crippen LogP contribution in [0.15, 0.2) is 42.5 Å². The van der Waals surface area contributed by atoms with E-state index >= 15 is 0 Å². The zero-order valence-electron chi connectivity index (χ0n) is 13.1. The Labute approximate surface area is 139 Å². The molecule has 3 rings (SSSR count). The number of benzene rings is 2. The lowest BCUT2D eigenvalue weighted by molar-refractivity contribution is -0.121. The van der Waals surface area contributed by atoms with Crippen molar-refractivity contribution < 1.29 is 19.1 Å². The minimum absolute atomic E-state index is 0.0971. The summed E-state index contributed by atoms with van der Waals surface area (Å²) in [6.07, 6.45) is 2.76. The number of hydrogen-bond acceptors (Lipinski definition) is 2. The number of rotatable bonds is 4. The first-order valence-electron chi connectivity index (χ1n) is 7.93. The van der Waals surface area contributed by atoms with Gasteiger partial charge in [-0.15, -0.1) is 0 Å². The van der Waals surface area contributed by atoms with Crippen molar-refractivity contribution in [3.8, 4) is 0 Å². The van der Waals surface area contributed by atoms with Gasteiger partial charge in [0, 0.05) is 0 Å². The summed E-state index contributed by atoms with van der Waals surface area (Å²) >= 11 is 0. The number of fused-ring (bicyclic) bond motifs is 1. The normalized spacial score (nSPS) is 16.3. The highest BCUT2D eigenvalue weighted by Gasteiger charge is 2.22. The Morgan fingerprint density at radius 3 is 2.62 bits per heavy atom. The molecule has 0 aromatic heterocycles. The Hall–Kier alpha value is -2.69. The maximum atomic E-state index is 13.3. The minimum atomic E-state index is -0.989. The van der Waals surface area contributed by atoms with Crippen molar-refractivity contribution in [1.29, 1.82) is 0 Å². The van der Waals surface area contributed by atoms with Crippen molar-refractivity contribution in [2.75, 3.05) is 0 Å². The molecule has 2 aromatic rings. The van der Waals surface area contributed by atoms with E-state index in [1.807, 2.05) is 0 Å². The lowest BCUT2D eigenvalue weighted by atomic mass is 9.87. The van der Waals surface area contributed by atoms with Gasteiger partial charge < -0.3 is 10.4 Å². The number of carbonyl (C=O) groups is 2. The van der Waals surface area contributed by atoms with Crippen LogP contribution in [0.3, 0.4) is 0 Å². The number of halogens is 1. The number of aryl methyl sites for hydroxylation is 1. The number of carboxylic acid groups (broad SMARTS) is 1. The summed E-state index contributed by atoms with van der Waals surface area (Å²) < 4.78 is 13.3. The Morgan fingerprint density at radius 2 is 1.92 bits per heavy atom. The zero-order chi connectivity index (χ0) is 17.1. The van der Waals surface area contributed by atoms with Crippen molar-refractivity contribution in [2.45, 2.75) is 31.7 Å². The van der Waals surface area contributed by atoms with Crippen molar-refractivity contribution in [2.24, 2.45) is 0 Å². The standard InChI is InChI=1S/C19H18FNO3/c20-15-8-9-16-14(11-15)2-1-3-17(16)21-18(22)10-12-4-6-13(7-5-12)19(23)24/h4-9,11,17H,1-3,10H2,(H,21,22)(H,23,24). The Kier molecular flexibility index (Phi) is 4.60. The Morgan fingerprint density at radius 1 is 1.17 bits per heavy atom. The van der Waals surface area contributed by atoms with E-state index in [9.17, 15) is 14.0 Å². The van der Waals surface area contributed by atoms with Gasteiger partial charge in [0.25, 0.3) is 0 Å². The lowest BCUT2D eigenvalue weighted by Crippen LogP contribution is -2.32. The Balaban J connectivity index is 1.66. The van der Waals surface area contributed by atoms with E-state index in [4.69, 9.17) is 5.11 Å². The van der Waals surface area contributed by atoms with Gasteiger partial charge in [-0.05, 0) is 60.2 Å². The molecule has 1 aliphatic carbocycles. The number of nitrogens with one attached hydrogen (secondary N) is 1. The average molecular weight is 327 g/mol. The molecule has 2 N–H and O–H groups in total. The second-order valence-corrected chi connectivity index (χ2v) is 6.03. The van der Waals surface area contributed by atoms with Crippen LogP contribution in [-0.4, -0.2) is 17.0 Å². The van der Waals surface area contributed by atoms with E-state index in [0.717, 1.165) is 36.0 Å². The quantitative estimate of drug-likeness (QED) is 0.906. The molecule has 1 aliphatic rings. The van der Waals surface area contributed by atoms with E-state index in [-0.39, 0.29) is 29.8 Å². The van der Waals surface area contributed by atoms with Gasteiger partial charge in [-0.3, -0.25) is 4.79 Å². The van der Waals surface area contributed by atoms with Crippen molar-refractivity contribution >= 4 is 11.9 Å². The molecule has 1 atom stereocenters. The fourth-order valence-electron chi connectivity index (χ4n) is 3.13. The van der Waals surface area contributed by atoms with Crippen LogP contribution in [0.5, 0.6) is 0 Å². The summed E-state index contributed by atoms with van der Waals surface area (Å²) in [4.78, 5) is 23.1. The maximum Gasteiger partial charge on any atom is 0.335 e. The SMILES string of the molecule is O=C(Cc1ccc(C(=O)O)cc1)NC1CCCc2cc(F)ccc21. The molecule has 0 saturated heterocycles.